The minimum Gasteiger partial charge on any atom is -0.387 e. The molecule has 0 aliphatic carbocycles. The summed E-state index contributed by atoms with van der Waals surface area (Å²) in [6, 6.07) is 9.95. The number of sulfone groups is 1. The number of anilines is 2. The lowest BCUT2D eigenvalue weighted by Gasteiger charge is -2.24. The first kappa shape index (κ1) is 23.5. The molecule has 3 amide bonds. The standard InChI is InChI=1S/C22H19F3N4O4S/c1-21(11-16-15-5-3-4-6-17(15)27-12-18(16)26-2)19(30)29(20(31)28-21)13-7-9-14(10-8-13)34(32,33)22(23,24)25/h3-10,12,26H,11H2,1-2H3,(H,28,31). The lowest BCUT2D eigenvalue weighted by molar-refractivity contribution is -0.121. The van der Waals surface area contributed by atoms with Crippen LogP contribution >= 0.6 is 0 Å². The van der Waals surface area contributed by atoms with Crippen LogP contribution in [0.15, 0.2) is 59.6 Å². The summed E-state index contributed by atoms with van der Waals surface area (Å²) in [6.45, 7) is 1.55. The minimum atomic E-state index is -5.55. The van der Waals surface area contributed by atoms with Crippen LogP contribution in [0.2, 0.25) is 0 Å². The van der Waals surface area contributed by atoms with Crippen molar-refractivity contribution in [3.05, 3.63) is 60.3 Å². The summed E-state index contributed by atoms with van der Waals surface area (Å²) in [7, 11) is -3.85. The number of imide groups is 1. The van der Waals surface area contributed by atoms with Crippen molar-refractivity contribution >= 4 is 44.1 Å². The summed E-state index contributed by atoms with van der Waals surface area (Å²) in [5.74, 6) is -0.633. The van der Waals surface area contributed by atoms with Crippen molar-refractivity contribution in [3.8, 4) is 0 Å². The number of rotatable bonds is 5. The molecule has 8 nitrogen and oxygen atoms in total. The normalized spacial score (nSPS) is 18.9. The molecule has 2 aromatic carbocycles. The van der Waals surface area contributed by atoms with E-state index in [1.807, 2.05) is 24.3 Å². The molecule has 1 aliphatic rings. The summed E-state index contributed by atoms with van der Waals surface area (Å²) < 4.78 is 61.6. The quantitative estimate of drug-likeness (QED) is 0.527. The molecule has 1 aromatic heterocycles. The van der Waals surface area contributed by atoms with Gasteiger partial charge in [-0.2, -0.15) is 13.2 Å². The van der Waals surface area contributed by atoms with Gasteiger partial charge < -0.3 is 10.6 Å². The number of halogens is 3. The molecular weight excluding hydrogens is 473 g/mol. The lowest BCUT2D eigenvalue weighted by Crippen LogP contribution is -2.46. The number of urea groups is 1. The Balaban J connectivity index is 1.68. The highest BCUT2D eigenvalue weighted by Crippen LogP contribution is 2.34. The van der Waals surface area contributed by atoms with Gasteiger partial charge in [-0.25, -0.2) is 18.1 Å². The summed E-state index contributed by atoms with van der Waals surface area (Å²) >= 11 is 0. The van der Waals surface area contributed by atoms with Gasteiger partial charge in [-0.1, -0.05) is 18.2 Å². The Morgan fingerprint density at radius 3 is 2.35 bits per heavy atom. The van der Waals surface area contributed by atoms with Crippen molar-refractivity contribution in [2.75, 3.05) is 17.3 Å². The molecule has 2 N–H and O–H groups in total. The van der Waals surface area contributed by atoms with Crippen molar-refractivity contribution in [3.63, 3.8) is 0 Å². The maximum absolute atomic E-state index is 13.3. The molecule has 12 heteroatoms. The molecule has 0 saturated carbocycles. The number of fused-ring (bicyclic) bond motifs is 1. The highest BCUT2D eigenvalue weighted by molar-refractivity contribution is 7.92. The number of amides is 3. The van der Waals surface area contributed by atoms with Crippen LogP contribution in [0.5, 0.6) is 0 Å². The lowest BCUT2D eigenvalue weighted by atomic mass is 9.90. The molecule has 0 radical (unpaired) electrons. The van der Waals surface area contributed by atoms with E-state index in [1.54, 1.807) is 20.2 Å². The summed E-state index contributed by atoms with van der Waals surface area (Å²) in [4.78, 5) is 30.2. The predicted molar refractivity (Wildman–Crippen MR) is 119 cm³/mol. The van der Waals surface area contributed by atoms with E-state index in [4.69, 9.17) is 0 Å². The topological polar surface area (TPSA) is 108 Å². The summed E-state index contributed by atoms with van der Waals surface area (Å²) in [5, 5.41) is 6.47. The third kappa shape index (κ3) is 3.73. The van der Waals surface area contributed by atoms with E-state index in [1.165, 1.54) is 0 Å². The maximum Gasteiger partial charge on any atom is 0.501 e. The number of pyridine rings is 1. The van der Waals surface area contributed by atoms with E-state index < -0.39 is 37.7 Å². The molecule has 178 valence electrons. The van der Waals surface area contributed by atoms with Crippen LogP contribution in [-0.2, 0) is 21.1 Å². The fourth-order valence-corrected chi connectivity index (χ4v) is 4.67. The molecule has 1 fully saturated rings. The number of nitrogens with zero attached hydrogens (tertiary/aromatic N) is 2. The van der Waals surface area contributed by atoms with Gasteiger partial charge >= 0.3 is 11.5 Å². The van der Waals surface area contributed by atoms with Gasteiger partial charge in [-0.15, -0.1) is 0 Å². The van der Waals surface area contributed by atoms with Crippen molar-refractivity contribution in [1.82, 2.24) is 10.3 Å². The number of alkyl halides is 3. The third-order valence-corrected chi connectivity index (χ3v) is 7.16. The molecule has 0 spiro atoms. The van der Waals surface area contributed by atoms with Crippen LogP contribution in [0.4, 0.5) is 29.3 Å². The van der Waals surface area contributed by atoms with Gasteiger partial charge in [0.1, 0.15) is 5.54 Å². The molecule has 1 unspecified atom stereocenters. The van der Waals surface area contributed by atoms with Gasteiger partial charge in [0.05, 0.1) is 28.0 Å². The number of nitrogens with one attached hydrogen (secondary N) is 2. The second kappa shape index (κ2) is 7.97. The van der Waals surface area contributed by atoms with Gasteiger partial charge in [-0.05, 0) is 42.8 Å². The van der Waals surface area contributed by atoms with Crippen molar-refractivity contribution < 1.29 is 31.2 Å². The first-order valence-corrected chi connectivity index (χ1v) is 11.5. The second-order valence-corrected chi connectivity index (χ2v) is 9.88. The molecular formula is C22H19F3N4O4S. The largest absolute Gasteiger partial charge is 0.501 e. The van der Waals surface area contributed by atoms with Gasteiger partial charge in [0, 0.05) is 18.9 Å². The number of hydrogen-bond acceptors (Lipinski definition) is 6. The van der Waals surface area contributed by atoms with E-state index >= 15 is 0 Å². The predicted octanol–water partition coefficient (Wildman–Crippen LogP) is 3.63. The fraction of sp³-hybridized carbons (Fsp3) is 0.227. The van der Waals surface area contributed by atoms with Gasteiger partial charge in [0.25, 0.3) is 15.7 Å². The van der Waals surface area contributed by atoms with E-state index in [9.17, 15) is 31.2 Å². The minimum absolute atomic E-state index is 0.0548. The monoisotopic (exact) mass is 492 g/mol. The van der Waals surface area contributed by atoms with Gasteiger partial charge in [-0.3, -0.25) is 9.78 Å². The van der Waals surface area contributed by atoms with Crippen molar-refractivity contribution in [1.29, 1.82) is 0 Å². The van der Waals surface area contributed by atoms with E-state index in [-0.39, 0.29) is 12.1 Å². The first-order valence-electron chi connectivity index (χ1n) is 10.0. The number of carbonyl (C=O) groups excluding carboxylic acids is 2. The van der Waals surface area contributed by atoms with Crippen LogP contribution in [-0.4, -0.2) is 43.4 Å². The molecule has 1 atom stereocenters. The SMILES string of the molecule is CNc1cnc2ccccc2c1CC1(C)NC(=O)N(c2ccc(S(=O)(=O)C(F)(F)F)cc2)C1=O. The van der Waals surface area contributed by atoms with Crippen molar-refractivity contribution in [2.45, 2.75) is 29.3 Å². The summed E-state index contributed by atoms with van der Waals surface area (Å²) in [5.41, 5.74) is -4.77. The Hall–Kier alpha value is -3.67. The third-order valence-electron chi connectivity index (χ3n) is 5.66. The van der Waals surface area contributed by atoms with E-state index in [2.05, 4.69) is 15.6 Å². The molecule has 4 rings (SSSR count). The average Bonchev–Trinajstić information content (AvgIpc) is 3.01. The maximum atomic E-state index is 13.3. The Morgan fingerprint density at radius 2 is 1.74 bits per heavy atom. The molecule has 1 aliphatic heterocycles. The van der Waals surface area contributed by atoms with Crippen LogP contribution in [0.3, 0.4) is 0 Å². The Morgan fingerprint density at radius 1 is 1.09 bits per heavy atom. The molecule has 1 saturated heterocycles. The molecule has 3 aromatic rings. The number of hydrogen-bond donors (Lipinski definition) is 2. The second-order valence-electron chi connectivity index (χ2n) is 7.94. The van der Waals surface area contributed by atoms with E-state index in [0.717, 1.165) is 28.0 Å². The van der Waals surface area contributed by atoms with Gasteiger partial charge in [0.15, 0.2) is 0 Å². The van der Waals surface area contributed by atoms with Gasteiger partial charge in [0.2, 0.25) is 0 Å². The average molecular weight is 492 g/mol. The zero-order valence-electron chi connectivity index (χ0n) is 18.0. The molecule has 0 bridgehead atoms. The van der Waals surface area contributed by atoms with E-state index in [0.29, 0.717) is 23.3 Å². The van der Waals surface area contributed by atoms with Crippen LogP contribution in [0, 0.1) is 0 Å². The molecule has 34 heavy (non-hydrogen) atoms. The number of para-hydroxylation sites is 1. The Bertz CT molecular complexity index is 1410. The fourth-order valence-electron chi connectivity index (χ4n) is 3.90. The Kier molecular flexibility index (Phi) is 5.51. The van der Waals surface area contributed by atoms with Crippen LogP contribution in [0.1, 0.15) is 12.5 Å². The highest BCUT2D eigenvalue weighted by Gasteiger charge is 2.50. The van der Waals surface area contributed by atoms with Crippen LogP contribution < -0.4 is 15.5 Å². The number of benzene rings is 2. The zero-order valence-corrected chi connectivity index (χ0v) is 18.8. The van der Waals surface area contributed by atoms with Crippen molar-refractivity contribution in [2.24, 2.45) is 0 Å². The zero-order chi connectivity index (χ0) is 24.9. The first-order chi connectivity index (χ1) is 15.9. The summed E-state index contributed by atoms with van der Waals surface area (Å²) in [6.07, 6.45) is 1.73. The van der Waals surface area contributed by atoms with Crippen LogP contribution in [0.25, 0.3) is 10.9 Å². The number of aromatic nitrogens is 1. The molecule has 2 heterocycles. The number of carbonyl (C=O) groups is 2. The Labute approximate surface area is 192 Å². The smallest absolute Gasteiger partial charge is 0.387 e. The highest BCUT2D eigenvalue weighted by atomic mass is 32.2.